The molecule has 0 spiro atoms. The second-order valence-electron chi connectivity index (χ2n) is 5.19. The Morgan fingerprint density at radius 1 is 1.26 bits per heavy atom. The van der Waals surface area contributed by atoms with Crippen molar-refractivity contribution in [2.75, 3.05) is 11.9 Å². The Bertz CT molecular complexity index is 788. The molecule has 1 saturated heterocycles. The molecule has 0 saturated carbocycles. The Balaban J connectivity index is 1.64. The number of carbonyl (C=O) groups is 2. The van der Waals surface area contributed by atoms with Crippen molar-refractivity contribution in [2.24, 2.45) is 4.99 Å². The van der Waals surface area contributed by atoms with Crippen LogP contribution in [-0.4, -0.2) is 28.8 Å². The summed E-state index contributed by atoms with van der Waals surface area (Å²) in [5, 5.41) is 7.92. The predicted octanol–water partition coefficient (Wildman–Crippen LogP) is 2.78. The summed E-state index contributed by atoms with van der Waals surface area (Å²) in [6.45, 7) is 2.51. The molecule has 0 bridgehead atoms. The Morgan fingerprint density at radius 3 is 2.83 bits per heavy atom. The average molecular weight is 327 g/mol. The molecule has 0 aromatic heterocycles. The van der Waals surface area contributed by atoms with Crippen LogP contribution in [0.1, 0.15) is 13.3 Å². The maximum Gasteiger partial charge on any atom is 0.240 e. The summed E-state index contributed by atoms with van der Waals surface area (Å²) in [7, 11) is 0. The molecule has 0 unspecified atom stereocenters. The van der Waals surface area contributed by atoms with Crippen LogP contribution in [0.15, 0.2) is 47.5 Å². The zero-order chi connectivity index (χ0) is 16.2. The topological polar surface area (TPSA) is 70.6 Å². The molecule has 0 aliphatic carbocycles. The molecule has 6 heteroatoms. The number of nitrogens with one attached hydrogen (secondary N) is 2. The molecule has 118 valence electrons. The molecule has 5 nitrogen and oxygen atoms in total. The van der Waals surface area contributed by atoms with E-state index in [1.54, 1.807) is 0 Å². The van der Waals surface area contributed by atoms with Gasteiger partial charge in [0.1, 0.15) is 5.25 Å². The summed E-state index contributed by atoms with van der Waals surface area (Å²) in [5.41, 5.74) is 0.736. The molecular weight excluding hydrogens is 310 g/mol. The van der Waals surface area contributed by atoms with Crippen molar-refractivity contribution < 1.29 is 9.59 Å². The minimum absolute atomic E-state index is 0.131. The van der Waals surface area contributed by atoms with Gasteiger partial charge in [-0.2, -0.15) is 0 Å². The number of hydrogen-bond donors (Lipinski definition) is 2. The minimum Gasteiger partial charge on any atom is -0.326 e. The van der Waals surface area contributed by atoms with Gasteiger partial charge in [-0.15, -0.1) is 0 Å². The summed E-state index contributed by atoms with van der Waals surface area (Å²) in [4.78, 5) is 28.2. The third-order valence-electron chi connectivity index (χ3n) is 3.48. The Morgan fingerprint density at radius 2 is 2.04 bits per heavy atom. The van der Waals surface area contributed by atoms with Crippen LogP contribution >= 0.6 is 11.8 Å². The summed E-state index contributed by atoms with van der Waals surface area (Å²) in [6, 6.07) is 13.7. The van der Waals surface area contributed by atoms with Gasteiger partial charge in [-0.05, 0) is 29.8 Å². The largest absolute Gasteiger partial charge is 0.326 e. The predicted molar refractivity (Wildman–Crippen MR) is 94.7 cm³/mol. The summed E-state index contributed by atoms with van der Waals surface area (Å²) >= 11 is 1.31. The number of amidine groups is 1. The Hall–Kier alpha value is -2.34. The lowest BCUT2D eigenvalue weighted by Crippen LogP contribution is -2.28. The molecule has 23 heavy (non-hydrogen) atoms. The normalized spacial score (nSPS) is 19.1. The van der Waals surface area contributed by atoms with Crippen molar-refractivity contribution in [1.82, 2.24) is 5.32 Å². The van der Waals surface area contributed by atoms with E-state index < -0.39 is 5.25 Å². The van der Waals surface area contributed by atoms with Gasteiger partial charge < -0.3 is 10.6 Å². The number of benzene rings is 2. The fraction of sp³-hybridized carbons (Fsp3) is 0.235. The number of nitrogens with zero attached hydrogens (tertiary/aromatic N) is 1. The highest BCUT2D eigenvalue weighted by molar-refractivity contribution is 8.15. The van der Waals surface area contributed by atoms with E-state index in [0.29, 0.717) is 11.7 Å². The molecule has 2 N–H and O–H groups in total. The molecule has 1 aliphatic heterocycles. The molecule has 2 aromatic carbocycles. The van der Waals surface area contributed by atoms with Gasteiger partial charge in [0.05, 0.1) is 0 Å². The number of aliphatic imine (C=N–C) groups is 1. The highest BCUT2D eigenvalue weighted by Crippen LogP contribution is 2.24. The van der Waals surface area contributed by atoms with E-state index in [2.05, 4.69) is 15.6 Å². The van der Waals surface area contributed by atoms with Crippen LogP contribution in [0.2, 0.25) is 0 Å². The molecule has 3 rings (SSSR count). The number of carbonyl (C=O) groups excluding carboxylic acids is 2. The zero-order valence-electron chi connectivity index (χ0n) is 12.7. The minimum atomic E-state index is -0.416. The first kappa shape index (κ1) is 15.6. The van der Waals surface area contributed by atoms with E-state index in [1.165, 1.54) is 11.8 Å². The third-order valence-corrected chi connectivity index (χ3v) is 4.60. The van der Waals surface area contributed by atoms with Crippen molar-refractivity contribution in [3.05, 3.63) is 42.5 Å². The number of anilines is 1. The van der Waals surface area contributed by atoms with Gasteiger partial charge in [-0.1, -0.05) is 42.1 Å². The first-order valence-electron chi connectivity index (χ1n) is 7.46. The standard InChI is InChI=1S/C17H17N3O2S/c1-2-18-17-20-16(22)14(23-17)10-15(21)19-13-8-7-11-5-3-4-6-12(11)9-13/h3-9,14H,2,10H2,1H3,(H,19,21)(H,18,20,22)/t14-/m0/s1. The van der Waals surface area contributed by atoms with Gasteiger partial charge in [-0.25, -0.2) is 0 Å². The first-order chi connectivity index (χ1) is 11.2. The summed E-state index contributed by atoms with van der Waals surface area (Å²) in [5.74, 6) is -0.332. The summed E-state index contributed by atoms with van der Waals surface area (Å²) < 4.78 is 0. The second-order valence-corrected chi connectivity index (χ2v) is 6.38. The van der Waals surface area contributed by atoms with Crippen LogP contribution in [0.5, 0.6) is 0 Å². The second kappa shape index (κ2) is 6.83. The highest BCUT2D eigenvalue weighted by atomic mass is 32.2. The van der Waals surface area contributed by atoms with Crippen LogP contribution < -0.4 is 10.6 Å². The van der Waals surface area contributed by atoms with Gasteiger partial charge in [-0.3, -0.25) is 14.6 Å². The number of hydrogen-bond acceptors (Lipinski definition) is 4. The molecule has 1 aliphatic rings. The average Bonchev–Trinajstić information content (AvgIpc) is 2.87. The van der Waals surface area contributed by atoms with Crippen molar-refractivity contribution in [3.8, 4) is 0 Å². The first-order valence-corrected chi connectivity index (χ1v) is 8.34. The van der Waals surface area contributed by atoms with Crippen molar-refractivity contribution in [2.45, 2.75) is 18.6 Å². The molecular formula is C17H17N3O2S. The van der Waals surface area contributed by atoms with Crippen LogP contribution in [0, 0.1) is 0 Å². The molecule has 1 heterocycles. The Labute approximate surface area is 138 Å². The SMILES string of the molecule is CCN=C1NC(=O)[C@H](CC(=O)Nc2ccc3ccccc3c2)S1. The number of rotatable bonds is 4. The fourth-order valence-electron chi connectivity index (χ4n) is 2.41. The third kappa shape index (κ3) is 3.71. The Kier molecular flexibility index (Phi) is 4.62. The number of amides is 2. The fourth-order valence-corrected chi connectivity index (χ4v) is 3.44. The monoisotopic (exact) mass is 327 g/mol. The van der Waals surface area contributed by atoms with Gasteiger partial charge in [0.2, 0.25) is 11.8 Å². The van der Waals surface area contributed by atoms with Crippen molar-refractivity contribution in [1.29, 1.82) is 0 Å². The van der Waals surface area contributed by atoms with Crippen LogP contribution in [-0.2, 0) is 9.59 Å². The molecule has 1 atom stereocenters. The van der Waals surface area contributed by atoms with Gasteiger partial charge >= 0.3 is 0 Å². The van der Waals surface area contributed by atoms with Crippen molar-refractivity contribution >= 4 is 45.2 Å². The smallest absolute Gasteiger partial charge is 0.240 e. The number of fused-ring (bicyclic) bond motifs is 1. The summed E-state index contributed by atoms with van der Waals surface area (Å²) in [6.07, 6.45) is 0.131. The van der Waals surface area contributed by atoms with Crippen LogP contribution in [0.25, 0.3) is 10.8 Å². The van der Waals surface area contributed by atoms with E-state index in [1.807, 2.05) is 49.4 Å². The van der Waals surface area contributed by atoms with E-state index in [9.17, 15) is 9.59 Å². The van der Waals surface area contributed by atoms with Crippen LogP contribution in [0.4, 0.5) is 5.69 Å². The highest BCUT2D eigenvalue weighted by Gasteiger charge is 2.31. The van der Waals surface area contributed by atoms with Crippen molar-refractivity contribution in [3.63, 3.8) is 0 Å². The zero-order valence-corrected chi connectivity index (χ0v) is 13.5. The van der Waals surface area contributed by atoms with E-state index in [4.69, 9.17) is 0 Å². The molecule has 1 fully saturated rings. The quantitative estimate of drug-likeness (QED) is 0.907. The maximum absolute atomic E-state index is 12.2. The maximum atomic E-state index is 12.2. The lowest BCUT2D eigenvalue weighted by Gasteiger charge is -2.08. The molecule has 0 radical (unpaired) electrons. The van der Waals surface area contributed by atoms with Gasteiger partial charge in [0, 0.05) is 18.7 Å². The van der Waals surface area contributed by atoms with Gasteiger partial charge in [0.15, 0.2) is 5.17 Å². The lowest BCUT2D eigenvalue weighted by atomic mass is 10.1. The van der Waals surface area contributed by atoms with E-state index in [0.717, 1.165) is 16.5 Å². The van der Waals surface area contributed by atoms with Gasteiger partial charge in [0.25, 0.3) is 0 Å². The van der Waals surface area contributed by atoms with E-state index >= 15 is 0 Å². The number of thioether (sulfide) groups is 1. The molecule has 2 amide bonds. The molecule has 2 aromatic rings. The van der Waals surface area contributed by atoms with Crippen LogP contribution in [0.3, 0.4) is 0 Å². The lowest BCUT2D eigenvalue weighted by molar-refractivity contribution is -0.122. The van der Waals surface area contributed by atoms with E-state index in [-0.39, 0.29) is 18.2 Å².